The van der Waals surface area contributed by atoms with Crippen molar-refractivity contribution in [3.63, 3.8) is 0 Å². The first-order valence-corrected chi connectivity index (χ1v) is 8.25. The van der Waals surface area contributed by atoms with Crippen LogP contribution in [0.4, 0.5) is 4.79 Å². The molecule has 138 valence electrons. The van der Waals surface area contributed by atoms with Gasteiger partial charge in [0.2, 0.25) is 0 Å². The highest BCUT2D eigenvalue weighted by molar-refractivity contribution is 5.80. The Balaban J connectivity index is 2.06. The molecular weight excluding hydrogens is 334 g/mol. The van der Waals surface area contributed by atoms with E-state index in [0.717, 1.165) is 16.7 Å². The van der Waals surface area contributed by atoms with Crippen molar-refractivity contribution in [1.29, 1.82) is 0 Å². The van der Waals surface area contributed by atoms with E-state index >= 15 is 0 Å². The first-order valence-electron chi connectivity index (χ1n) is 8.25. The standard InChI is InChI=1S/C20H23NO5/c1-20(2,3)26-19(25)21-17(18(23)24)12-13-4-6-14(7-5-13)15-8-10-16(22)11-9-15/h4-11,17,22H,12H2,1-3H3,(H,21,25)(H,23,24). The molecule has 26 heavy (non-hydrogen) atoms. The van der Waals surface area contributed by atoms with Crippen LogP contribution in [0.1, 0.15) is 26.3 Å². The van der Waals surface area contributed by atoms with E-state index in [4.69, 9.17) is 4.74 Å². The first-order chi connectivity index (χ1) is 12.1. The Hall–Kier alpha value is -3.02. The number of carbonyl (C=O) groups is 2. The second-order valence-corrected chi connectivity index (χ2v) is 6.98. The summed E-state index contributed by atoms with van der Waals surface area (Å²) < 4.78 is 5.11. The maximum atomic E-state index is 11.8. The third kappa shape index (κ3) is 5.81. The van der Waals surface area contributed by atoms with Crippen LogP contribution in [0.5, 0.6) is 5.75 Å². The molecule has 1 atom stereocenters. The van der Waals surface area contributed by atoms with E-state index in [0.29, 0.717) is 0 Å². The third-order valence-electron chi connectivity index (χ3n) is 3.58. The van der Waals surface area contributed by atoms with E-state index in [-0.39, 0.29) is 12.2 Å². The molecule has 0 bridgehead atoms. The number of hydrogen-bond acceptors (Lipinski definition) is 4. The quantitative estimate of drug-likeness (QED) is 0.760. The van der Waals surface area contributed by atoms with Crippen molar-refractivity contribution in [3.8, 4) is 16.9 Å². The number of carboxylic acids is 1. The van der Waals surface area contributed by atoms with Crippen molar-refractivity contribution >= 4 is 12.1 Å². The SMILES string of the molecule is CC(C)(C)OC(=O)NC(Cc1ccc(-c2ccc(O)cc2)cc1)C(=O)O. The van der Waals surface area contributed by atoms with Gasteiger partial charge in [0, 0.05) is 6.42 Å². The summed E-state index contributed by atoms with van der Waals surface area (Å²) >= 11 is 0. The van der Waals surface area contributed by atoms with Gasteiger partial charge in [-0.2, -0.15) is 0 Å². The number of rotatable bonds is 5. The number of aliphatic carboxylic acids is 1. The highest BCUT2D eigenvalue weighted by Gasteiger charge is 2.24. The van der Waals surface area contributed by atoms with Gasteiger partial charge in [-0.05, 0) is 49.6 Å². The van der Waals surface area contributed by atoms with Crippen LogP contribution in [0.3, 0.4) is 0 Å². The van der Waals surface area contributed by atoms with E-state index < -0.39 is 23.7 Å². The second kappa shape index (κ2) is 7.91. The summed E-state index contributed by atoms with van der Waals surface area (Å²) in [7, 11) is 0. The zero-order chi connectivity index (χ0) is 19.3. The Bertz CT molecular complexity index is 760. The van der Waals surface area contributed by atoms with E-state index in [1.807, 2.05) is 24.3 Å². The molecular formula is C20H23NO5. The van der Waals surface area contributed by atoms with Gasteiger partial charge < -0.3 is 20.3 Å². The average Bonchev–Trinajstić information content (AvgIpc) is 2.54. The van der Waals surface area contributed by atoms with Gasteiger partial charge in [-0.3, -0.25) is 0 Å². The van der Waals surface area contributed by atoms with Crippen molar-refractivity contribution in [2.75, 3.05) is 0 Å². The number of hydrogen-bond donors (Lipinski definition) is 3. The van der Waals surface area contributed by atoms with Crippen LogP contribution < -0.4 is 5.32 Å². The molecule has 6 heteroatoms. The molecule has 1 amide bonds. The van der Waals surface area contributed by atoms with Crippen LogP contribution in [0.15, 0.2) is 48.5 Å². The predicted octanol–water partition coefficient (Wildman–Crippen LogP) is 3.58. The number of carbonyl (C=O) groups excluding carboxylic acids is 1. The second-order valence-electron chi connectivity index (χ2n) is 6.98. The lowest BCUT2D eigenvalue weighted by Gasteiger charge is -2.22. The molecule has 0 aromatic heterocycles. The highest BCUT2D eigenvalue weighted by Crippen LogP contribution is 2.22. The number of amides is 1. The lowest BCUT2D eigenvalue weighted by molar-refractivity contribution is -0.139. The molecule has 0 saturated carbocycles. The number of ether oxygens (including phenoxy) is 1. The van der Waals surface area contributed by atoms with Crippen LogP contribution in [0.25, 0.3) is 11.1 Å². The van der Waals surface area contributed by atoms with Crippen molar-refractivity contribution in [2.45, 2.75) is 38.8 Å². The maximum Gasteiger partial charge on any atom is 0.408 e. The molecule has 2 aromatic rings. The molecule has 3 N–H and O–H groups in total. The molecule has 0 heterocycles. The third-order valence-corrected chi connectivity index (χ3v) is 3.58. The fourth-order valence-corrected chi connectivity index (χ4v) is 2.37. The molecule has 0 spiro atoms. The Morgan fingerprint density at radius 2 is 1.50 bits per heavy atom. The van der Waals surface area contributed by atoms with Crippen LogP contribution in [-0.2, 0) is 16.0 Å². The molecule has 2 rings (SSSR count). The number of phenols is 1. The number of nitrogens with one attached hydrogen (secondary N) is 1. The minimum atomic E-state index is -1.13. The van der Waals surface area contributed by atoms with Crippen LogP contribution in [0.2, 0.25) is 0 Å². The number of alkyl carbamates (subject to hydrolysis) is 1. The lowest BCUT2D eigenvalue weighted by Crippen LogP contribution is -2.44. The molecule has 0 radical (unpaired) electrons. The molecule has 0 aliphatic carbocycles. The van der Waals surface area contributed by atoms with E-state index in [9.17, 15) is 19.8 Å². The summed E-state index contributed by atoms with van der Waals surface area (Å²) in [5, 5.41) is 21.1. The summed E-state index contributed by atoms with van der Waals surface area (Å²) in [4.78, 5) is 23.2. The summed E-state index contributed by atoms with van der Waals surface area (Å²) in [6.07, 6.45) is -0.615. The highest BCUT2D eigenvalue weighted by atomic mass is 16.6. The summed E-state index contributed by atoms with van der Waals surface area (Å²) in [6, 6.07) is 13.1. The topological polar surface area (TPSA) is 95.9 Å². The molecule has 1 unspecified atom stereocenters. The Morgan fingerprint density at radius 1 is 1.00 bits per heavy atom. The maximum absolute atomic E-state index is 11.8. The first kappa shape index (κ1) is 19.3. The minimum absolute atomic E-state index is 0.143. The van der Waals surface area contributed by atoms with E-state index in [1.165, 1.54) is 0 Å². The van der Waals surface area contributed by atoms with E-state index in [2.05, 4.69) is 5.32 Å². The van der Waals surface area contributed by atoms with Gasteiger partial charge >= 0.3 is 12.1 Å². The fourth-order valence-electron chi connectivity index (χ4n) is 2.37. The smallest absolute Gasteiger partial charge is 0.408 e. The summed E-state index contributed by atoms with van der Waals surface area (Å²) in [5.41, 5.74) is 1.96. The number of phenolic OH excluding ortho intramolecular Hbond substituents is 1. The molecule has 0 aliphatic heterocycles. The fraction of sp³-hybridized carbons (Fsp3) is 0.300. The molecule has 0 fully saturated rings. The van der Waals surface area contributed by atoms with Gasteiger partial charge in [0.15, 0.2) is 0 Å². The van der Waals surface area contributed by atoms with Crippen LogP contribution in [0, 0.1) is 0 Å². The normalized spacial score (nSPS) is 12.3. The van der Waals surface area contributed by atoms with Gasteiger partial charge in [-0.15, -0.1) is 0 Å². The van der Waals surface area contributed by atoms with Crippen molar-refractivity contribution in [3.05, 3.63) is 54.1 Å². The van der Waals surface area contributed by atoms with Crippen LogP contribution >= 0.6 is 0 Å². The van der Waals surface area contributed by atoms with Gasteiger partial charge in [0.1, 0.15) is 17.4 Å². The number of benzene rings is 2. The van der Waals surface area contributed by atoms with Gasteiger partial charge in [-0.25, -0.2) is 9.59 Å². The number of aromatic hydroxyl groups is 1. The molecule has 0 aliphatic rings. The summed E-state index contributed by atoms with van der Waals surface area (Å²) in [6.45, 7) is 5.14. The van der Waals surface area contributed by atoms with Crippen molar-refractivity contribution in [1.82, 2.24) is 5.32 Å². The van der Waals surface area contributed by atoms with E-state index in [1.54, 1.807) is 45.0 Å². The molecule has 2 aromatic carbocycles. The Morgan fingerprint density at radius 3 is 1.96 bits per heavy atom. The Kier molecular flexibility index (Phi) is 5.87. The Labute approximate surface area is 152 Å². The van der Waals surface area contributed by atoms with Crippen molar-refractivity contribution < 1.29 is 24.5 Å². The van der Waals surface area contributed by atoms with Crippen molar-refractivity contribution in [2.24, 2.45) is 0 Å². The predicted molar refractivity (Wildman–Crippen MR) is 98.0 cm³/mol. The molecule has 0 saturated heterocycles. The van der Waals surface area contributed by atoms with Gasteiger partial charge in [0.05, 0.1) is 0 Å². The average molecular weight is 357 g/mol. The molecule has 6 nitrogen and oxygen atoms in total. The zero-order valence-electron chi connectivity index (χ0n) is 15.0. The monoisotopic (exact) mass is 357 g/mol. The van der Waals surface area contributed by atoms with Crippen LogP contribution in [-0.4, -0.2) is 33.9 Å². The zero-order valence-corrected chi connectivity index (χ0v) is 15.0. The lowest BCUT2D eigenvalue weighted by atomic mass is 10.0. The largest absolute Gasteiger partial charge is 0.508 e. The summed E-state index contributed by atoms with van der Waals surface area (Å²) in [5.74, 6) is -0.929. The minimum Gasteiger partial charge on any atom is -0.508 e. The van der Waals surface area contributed by atoms with Gasteiger partial charge in [0.25, 0.3) is 0 Å². The number of carboxylic acid groups (broad SMARTS) is 1. The van der Waals surface area contributed by atoms with Gasteiger partial charge in [-0.1, -0.05) is 36.4 Å².